The first kappa shape index (κ1) is 16.9. The van der Waals surface area contributed by atoms with E-state index in [9.17, 15) is 9.90 Å². The molecule has 0 spiro atoms. The van der Waals surface area contributed by atoms with Crippen LogP contribution in [0.5, 0.6) is 0 Å². The third-order valence-electron chi connectivity index (χ3n) is 3.73. The smallest absolute Gasteiger partial charge is 0.222 e. The number of aliphatic hydroxyl groups is 1. The Bertz CT molecular complexity index is 478. The lowest BCUT2D eigenvalue weighted by molar-refractivity contribution is -0.132. The highest BCUT2D eigenvalue weighted by Gasteiger charge is 2.33. The minimum Gasteiger partial charge on any atom is -0.391 e. The zero-order valence-corrected chi connectivity index (χ0v) is 15.0. The van der Waals surface area contributed by atoms with Crippen LogP contribution >= 0.6 is 27.3 Å². The van der Waals surface area contributed by atoms with Gasteiger partial charge in [0.05, 0.1) is 9.89 Å². The molecule has 21 heavy (non-hydrogen) atoms. The van der Waals surface area contributed by atoms with Gasteiger partial charge in [-0.1, -0.05) is 0 Å². The molecule has 2 heterocycles. The number of carbonyl (C=O) groups excluding carboxylic acids is 1. The van der Waals surface area contributed by atoms with E-state index >= 15 is 0 Å². The molecule has 1 aliphatic heterocycles. The van der Waals surface area contributed by atoms with Crippen molar-refractivity contribution in [3.63, 3.8) is 0 Å². The highest BCUT2D eigenvalue weighted by atomic mass is 79.9. The molecule has 0 aliphatic carbocycles. The number of carbonyl (C=O) groups is 1. The fraction of sp³-hybridized carbons (Fsp3) is 0.667. The Labute approximate surface area is 138 Å². The Hall–Kier alpha value is -0.430. The minimum atomic E-state index is -0.368. The van der Waals surface area contributed by atoms with E-state index in [1.807, 2.05) is 25.1 Å². The molecule has 6 heteroatoms. The zero-order valence-electron chi connectivity index (χ0n) is 12.6. The van der Waals surface area contributed by atoms with Crippen LogP contribution in [-0.4, -0.2) is 60.1 Å². The van der Waals surface area contributed by atoms with E-state index < -0.39 is 0 Å². The van der Waals surface area contributed by atoms with Crippen LogP contribution in [0.25, 0.3) is 0 Å². The van der Waals surface area contributed by atoms with Gasteiger partial charge in [-0.3, -0.25) is 4.79 Å². The lowest BCUT2D eigenvalue weighted by Gasteiger charge is -2.26. The summed E-state index contributed by atoms with van der Waals surface area (Å²) >= 11 is 5.18. The number of likely N-dealkylation sites (tertiary alicyclic amines) is 1. The summed E-state index contributed by atoms with van der Waals surface area (Å²) in [6.45, 7) is 1.31. The normalized spacial score (nSPS) is 22.2. The minimum absolute atomic E-state index is 0.151. The number of hydrogen-bond donors (Lipinski definition) is 1. The molecule has 0 radical (unpaired) electrons. The van der Waals surface area contributed by atoms with E-state index in [4.69, 9.17) is 0 Å². The molecule has 118 valence electrons. The molecule has 1 amide bonds. The summed E-state index contributed by atoms with van der Waals surface area (Å²) in [5, 5.41) is 9.82. The number of likely N-dealkylation sites (N-methyl/N-ethyl adjacent to an activating group) is 1. The monoisotopic (exact) mass is 374 g/mol. The van der Waals surface area contributed by atoms with Crippen LogP contribution < -0.4 is 0 Å². The van der Waals surface area contributed by atoms with Gasteiger partial charge in [-0.05, 0) is 61.4 Å². The van der Waals surface area contributed by atoms with Crippen molar-refractivity contribution in [2.45, 2.75) is 37.8 Å². The molecule has 1 aromatic rings. The summed E-state index contributed by atoms with van der Waals surface area (Å²) in [4.78, 5) is 17.6. The molecular formula is C15H23BrN2O2S. The highest BCUT2D eigenvalue weighted by molar-refractivity contribution is 9.11. The van der Waals surface area contributed by atoms with Gasteiger partial charge in [-0.25, -0.2) is 0 Å². The first-order valence-corrected chi connectivity index (χ1v) is 8.93. The van der Waals surface area contributed by atoms with E-state index in [-0.39, 0.29) is 18.1 Å². The first-order chi connectivity index (χ1) is 9.95. The van der Waals surface area contributed by atoms with Crippen LogP contribution in [0.15, 0.2) is 15.9 Å². The van der Waals surface area contributed by atoms with Crippen LogP contribution in [0.3, 0.4) is 0 Å². The van der Waals surface area contributed by atoms with E-state index in [2.05, 4.69) is 26.9 Å². The Kier molecular flexibility index (Phi) is 6.22. The van der Waals surface area contributed by atoms with Crippen molar-refractivity contribution < 1.29 is 9.90 Å². The van der Waals surface area contributed by atoms with Crippen LogP contribution in [0.1, 0.15) is 24.1 Å². The number of hydrogen-bond acceptors (Lipinski definition) is 4. The van der Waals surface area contributed by atoms with Gasteiger partial charge in [0.1, 0.15) is 0 Å². The number of nitrogens with zero attached hydrogens (tertiary/aromatic N) is 2. The first-order valence-electron chi connectivity index (χ1n) is 7.32. The summed E-state index contributed by atoms with van der Waals surface area (Å²) in [7, 11) is 4.00. The van der Waals surface area contributed by atoms with Gasteiger partial charge < -0.3 is 14.9 Å². The van der Waals surface area contributed by atoms with Crippen LogP contribution in [0, 0.1) is 0 Å². The van der Waals surface area contributed by atoms with Gasteiger partial charge in [0.25, 0.3) is 0 Å². The highest BCUT2D eigenvalue weighted by Crippen LogP contribution is 2.24. The maximum Gasteiger partial charge on any atom is 0.222 e. The van der Waals surface area contributed by atoms with E-state index in [0.717, 1.165) is 23.2 Å². The van der Waals surface area contributed by atoms with Gasteiger partial charge in [0.15, 0.2) is 0 Å². The van der Waals surface area contributed by atoms with E-state index in [1.165, 1.54) is 4.88 Å². The summed E-state index contributed by atoms with van der Waals surface area (Å²) in [6, 6.07) is 4.30. The molecule has 2 rings (SSSR count). The van der Waals surface area contributed by atoms with Crippen molar-refractivity contribution in [1.82, 2.24) is 9.80 Å². The predicted octanol–water partition coefficient (Wildman–Crippen LogP) is 2.36. The standard InChI is InChI=1S/C15H23BrN2O2S/c1-17(2)9-11-8-12(19)10-18(11)15(20)5-3-4-13-6-7-14(16)21-13/h6-7,11-12,19H,3-5,8-10H2,1-2H3. The molecule has 1 fully saturated rings. The second-order valence-electron chi connectivity index (χ2n) is 5.91. The fourth-order valence-electron chi connectivity index (χ4n) is 2.84. The van der Waals surface area contributed by atoms with Crippen LogP contribution in [0.2, 0.25) is 0 Å². The number of amides is 1. The molecule has 0 saturated carbocycles. The van der Waals surface area contributed by atoms with Crippen molar-refractivity contribution in [3.05, 3.63) is 20.8 Å². The quantitative estimate of drug-likeness (QED) is 0.830. The number of β-amino-alcohol motifs (C(OH)–C–C–N with tert-alkyl or cyclic N) is 1. The van der Waals surface area contributed by atoms with Gasteiger partial charge in [0.2, 0.25) is 5.91 Å². The number of aliphatic hydroxyl groups excluding tert-OH is 1. The number of rotatable bonds is 6. The van der Waals surface area contributed by atoms with Crippen LogP contribution in [0.4, 0.5) is 0 Å². The van der Waals surface area contributed by atoms with Crippen molar-refractivity contribution in [2.75, 3.05) is 27.2 Å². The third-order valence-corrected chi connectivity index (χ3v) is 5.41. The lowest BCUT2D eigenvalue weighted by Crippen LogP contribution is -2.41. The molecule has 1 aliphatic rings. The largest absolute Gasteiger partial charge is 0.391 e. The fourth-order valence-corrected chi connectivity index (χ4v) is 4.36. The Balaban J connectivity index is 1.81. The topological polar surface area (TPSA) is 43.8 Å². The second kappa shape index (κ2) is 7.72. The Morgan fingerprint density at radius 2 is 2.29 bits per heavy atom. The molecule has 2 unspecified atom stereocenters. The van der Waals surface area contributed by atoms with Gasteiger partial charge >= 0.3 is 0 Å². The molecule has 1 N–H and O–H groups in total. The summed E-state index contributed by atoms with van der Waals surface area (Å²) in [5.41, 5.74) is 0. The third kappa shape index (κ3) is 5.06. The van der Waals surface area contributed by atoms with Gasteiger partial charge in [-0.2, -0.15) is 0 Å². The predicted molar refractivity (Wildman–Crippen MR) is 89.6 cm³/mol. The molecule has 0 bridgehead atoms. The number of aryl methyl sites for hydroxylation is 1. The van der Waals surface area contributed by atoms with Crippen molar-refractivity contribution in [2.24, 2.45) is 0 Å². The van der Waals surface area contributed by atoms with Gasteiger partial charge in [0, 0.05) is 30.4 Å². The summed E-state index contributed by atoms with van der Waals surface area (Å²) in [6.07, 6.45) is 2.70. The lowest BCUT2D eigenvalue weighted by atomic mass is 10.1. The average Bonchev–Trinajstić information content (AvgIpc) is 2.95. The zero-order chi connectivity index (χ0) is 15.4. The molecule has 1 saturated heterocycles. The second-order valence-corrected chi connectivity index (χ2v) is 8.46. The van der Waals surface area contributed by atoms with E-state index in [0.29, 0.717) is 19.4 Å². The number of halogens is 1. The van der Waals surface area contributed by atoms with Crippen molar-refractivity contribution >= 4 is 33.2 Å². The average molecular weight is 375 g/mol. The molecule has 4 nitrogen and oxygen atoms in total. The SMILES string of the molecule is CN(C)CC1CC(O)CN1C(=O)CCCc1ccc(Br)s1. The van der Waals surface area contributed by atoms with Crippen LogP contribution in [-0.2, 0) is 11.2 Å². The molecular weight excluding hydrogens is 352 g/mol. The molecule has 0 aromatic carbocycles. The maximum atomic E-state index is 12.4. The Morgan fingerprint density at radius 3 is 2.90 bits per heavy atom. The molecule has 2 atom stereocenters. The van der Waals surface area contributed by atoms with E-state index in [1.54, 1.807) is 11.3 Å². The maximum absolute atomic E-state index is 12.4. The molecule has 1 aromatic heterocycles. The van der Waals surface area contributed by atoms with Crippen molar-refractivity contribution in [1.29, 1.82) is 0 Å². The van der Waals surface area contributed by atoms with Gasteiger partial charge in [-0.15, -0.1) is 11.3 Å². The Morgan fingerprint density at radius 1 is 1.52 bits per heavy atom. The number of thiophene rings is 1. The summed E-state index contributed by atoms with van der Waals surface area (Å²) in [5.74, 6) is 0.175. The van der Waals surface area contributed by atoms with Crippen molar-refractivity contribution in [3.8, 4) is 0 Å². The summed E-state index contributed by atoms with van der Waals surface area (Å²) < 4.78 is 1.14.